The number of nitrogens with zero attached hydrogens (tertiary/aromatic N) is 3. The predicted octanol–water partition coefficient (Wildman–Crippen LogP) is 2.84. The number of aromatic carboxylic acids is 1. The standard InChI is InChI=1S/C15H19N3O2/c1-5-6-13-7-12(15(19)20)8-14(16-13)18-11(4)9(2)10(3)17-18/h7-8H,5-6H2,1-4H3,(H,19,20). The van der Waals surface area contributed by atoms with E-state index in [0.717, 1.165) is 35.5 Å². The van der Waals surface area contributed by atoms with Crippen molar-refractivity contribution in [1.29, 1.82) is 0 Å². The summed E-state index contributed by atoms with van der Waals surface area (Å²) in [4.78, 5) is 15.8. The lowest BCUT2D eigenvalue weighted by Gasteiger charge is -2.08. The van der Waals surface area contributed by atoms with Crippen molar-refractivity contribution in [2.24, 2.45) is 0 Å². The second-order valence-corrected chi connectivity index (χ2v) is 4.97. The third kappa shape index (κ3) is 2.57. The van der Waals surface area contributed by atoms with Crippen molar-refractivity contribution >= 4 is 5.97 Å². The maximum Gasteiger partial charge on any atom is 0.335 e. The number of pyridine rings is 1. The maximum atomic E-state index is 11.2. The number of rotatable bonds is 4. The van der Waals surface area contributed by atoms with Gasteiger partial charge in [0.15, 0.2) is 5.82 Å². The number of aryl methyl sites for hydroxylation is 2. The van der Waals surface area contributed by atoms with Crippen molar-refractivity contribution in [1.82, 2.24) is 14.8 Å². The quantitative estimate of drug-likeness (QED) is 0.930. The number of carboxylic acid groups (broad SMARTS) is 1. The Morgan fingerprint density at radius 1 is 1.30 bits per heavy atom. The normalized spacial score (nSPS) is 10.8. The summed E-state index contributed by atoms with van der Waals surface area (Å²) in [6, 6.07) is 3.20. The average Bonchev–Trinajstić information content (AvgIpc) is 2.66. The minimum absolute atomic E-state index is 0.253. The summed E-state index contributed by atoms with van der Waals surface area (Å²) in [6.45, 7) is 7.95. The zero-order valence-corrected chi connectivity index (χ0v) is 12.3. The van der Waals surface area contributed by atoms with Crippen LogP contribution in [0, 0.1) is 20.8 Å². The first-order valence-corrected chi connectivity index (χ1v) is 6.71. The summed E-state index contributed by atoms with van der Waals surface area (Å²) >= 11 is 0. The molecule has 0 amide bonds. The highest BCUT2D eigenvalue weighted by Gasteiger charge is 2.14. The van der Waals surface area contributed by atoms with Crippen LogP contribution < -0.4 is 0 Å². The second kappa shape index (κ2) is 5.45. The van der Waals surface area contributed by atoms with E-state index in [1.165, 1.54) is 0 Å². The van der Waals surface area contributed by atoms with Gasteiger partial charge in [0.25, 0.3) is 0 Å². The molecule has 0 unspecified atom stereocenters. The molecule has 0 spiro atoms. The maximum absolute atomic E-state index is 11.2. The van der Waals surface area contributed by atoms with Crippen LogP contribution in [0.2, 0.25) is 0 Å². The van der Waals surface area contributed by atoms with Crippen molar-refractivity contribution in [3.8, 4) is 5.82 Å². The molecule has 2 aromatic heterocycles. The lowest BCUT2D eigenvalue weighted by atomic mass is 10.1. The smallest absolute Gasteiger partial charge is 0.335 e. The molecule has 0 atom stereocenters. The monoisotopic (exact) mass is 273 g/mol. The third-order valence-corrected chi connectivity index (χ3v) is 3.49. The van der Waals surface area contributed by atoms with Gasteiger partial charge >= 0.3 is 5.97 Å². The molecule has 0 aliphatic heterocycles. The van der Waals surface area contributed by atoms with E-state index in [4.69, 9.17) is 0 Å². The topological polar surface area (TPSA) is 68.0 Å². The fourth-order valence-electron chi connectivity index (χ4n) is 2.13. The molecular formula is C15H19N3O2. The molecule has 0 bridgehead atoms. The first-order valence-electron chi connectivity index (χ1n) is 6.71. The molecule has 0 radical (unpaired) electrons. The van der Waals surface area contributed by atoms with E-state index in [1.807, 2.05) is 27.7 Å². The van der Waals surface area contributed by atoms with Gasteiger partial charge in [-0.3, -0.25) is 0 Å². The van der Waals surface area contributed by atoms with E-state index < -0.39 is 5.97 Å². The van der Waals surface area contributed by atoms with Crippen LogP contribution in [0.5, 0.6) is 0 Å². The van der Waals surface area contributed by atoms with Gasteiger partial charge in [-0.1, -0.05) is 13.3 Å². The zero-order chi connectivity index (χ0) is 14.9. The summed E-state index contributed by atoms with van der Waals surface area (Å²) in [6.07, 6.45) is 1.68. The highest BCUT2D eigenvalue weighted by Crippen LogP contribution is 2.18. The summed E-state index contributed by atoms with van der Waals surface area (Å²) in [7, 11) is 0. The van der Waals surface area contributed by atoms with E-state index in [2.05, 4.69) is 10.1 Å². The number of hydrogen-bond acceptors (Lipinski definition) is 3. The zero-order valence-electron chi connectivity index (χ0n) is 12.3. The SMILES string of the molecule is CCCc1cc(C(=O)O)cc(-n2nc(C)c(C)c2C)n1. The van der Waals surface area contributed by atoms with Gasteiger partial charge in [-0.2, -0.15) is 5.10 Å². The fourth-order valence-corrected chi connectivity index (χ4v) is 2.13. The van der Waals surface area contributed by atoms with Gasteiger partial charge < -0.3 is 5.11 Å². The van der Waals surface area contributed by atoms with Gasteiger partial charge in [0.05, 0.1) is 11.3 Å². The lowest BCUT2D eigenvalue weighted by molar-refractivity contribution is 0.0696. The first kappa shape index (κ1) is 14.2. The summed E-state index contributed by atoms with van der Waals surface area (Å²) in [5, 5.41) is 13.7. The highest BCUT2D eigenvalue weighted by atomic mass is 16.4. The van der Waals surface area contributed by atoms with E-state index in [9.17, 15) is 9.90 Å². The van der Waals surface area contributed by atoms with Crippen LogP contribution in [0.4, 0.5) is 0 Å². The van der Waals surface area contributed by atoms with Gasteiger partial charge in [-0.25, -0.2) is 14.5 Å². The summed E-state index contributed by atoms with van der Waals surface area (Å²) < 4.78 is 1.72. The Morgan fingerprint density at radius 2 is 2.00 bits per heavy atom. The molecule has 2 heterocycles. The molecule has 0 aliphatic rings. The minimum atomic E-state index is -0.941. The van der Waals surface area contributed by atoms with Crippen LogP contribution in [0.3, 0.4) is 0 Å². The fraction of sp³-hybridized carbons (Fsp3) is 0.400. The molecule has 5 heteroatoms. The Labute approximate surface area is 118 Å². The van der Waals surface area contributed by atoms with Crippen molar-refractivity contribution in [2.75, 3.05) is 0 Å². The van der Waals surface area contributed by atoms with E-state index >= 15 is 0 Å². The second-order valence-electron chi connectivity index (χ2n) is 4.97. The van der Waals surface area contributed by atoms with E-state index in [1.54, 1.807) is 16.8 Å². The number of carboxylic acids is 1. The number of hydrogen-bond donors (Lipinski definition) is 1. The molecule has 0 saturated heterocycles. The molecule has 5 nitrogen and oxygen atoms in total. The third-order valence-electron chi connectivity index (χ3n) is 3.49. The largest absolute Gasteiger partial charge is 0.478 e. The van der Waals surface area contributed by atoms with Gasteiger partial charge in [0.2, 0.25) is 0 Å². The van der Waals surface area contributed by atoms with Crippen LogP contribution in [-0.4, -0.2) is 25.8 Å². The Bertz CT molecular complexity index is 659. The Hall–Kier alpha value is -2.17. The van der Waals surface area contributed by atoms with Gasteiger partial charge in [0.1, 0.15) is 0 Å². The summed E-state index contributed by atoms with van der Waals surface area (Å²) in [5.41, 5.74) is 4.06. The molecule has 0 fully saturated rings. The number of carbonyl (C=O) groups is 1. The molecule has 20 heavy (non-hydrogen) atoms. The summed E-state index contributed by atoms with van der Waals surface area (Å²) in [5.74, 6) is -0.369. The first-order chi connectivity index (χ1) is 9.43. The van der Waals surface area contributed by atoms with Crippen molar-refractivity contribution in [2.45, 2.75) is 40.5 Å². The van der Waals surface area contributed by atoms with Crippen molar-refractivity contribution < 1.29 is 9.90 Å². The van der Waals surface area contributed by atoms with Crippen LogP contribution >= 0.6 is 0 Å². The molecule has 0 saturated carbocycles. The van der Waals surface area contributed by atoms with Gasteiger partial charge in [0, 0.05) is 11.4 Å². The average molecular weight is 273 g/mol. The Morgan fingerprint density at radius 3 is 2.50 bits per heavy atom. The predicted molar refractivity (Wildman–Crippen MR) is 76.5 cm³/mol. The highest BCUT2D eigenvalue weighted by molar-refractivity contribution is 5.88. The minimum Gasteiger partial charge on any atom is -0.478 e. The van der Waals surface area contributed by atoms with Crippen LogP contribution in [0.15, 0.2) is 12.1 Å². The number of aromatic nitrogens is 3. The molecule has 0 aromatic carbocycles. The van der Waals surface area contributed by atoms with Crippen LogP contribution in [0.25, 0.3) is 5.82 Å². The van der Waals surface area contributed by atoms with Gasteiger partial charge in [-0.15, -0.1) is 0 Å². The Kier molecular flexibility index (Phi) is 3.88. The molecule has 106 valence electrons. The molecule has 2 aromatic rings. The van der Waals surface area contributed by atoms with E-state index in [0.29, 0.717) is 5.82 Å². The Balaban J connectivity index is 2.60. The molecular weight excluding hydrogens is 254 g/mol. The van der Waals surface area contributed by atoms with E-state index in [-0.39, 0.29) is 5.56 Å². The van der Waals surface area contributed by atoms with Crippen molar-refractivity contribution in [3.63, 3.8) is 0 Å². The lowest BCUT2D eigenvalue weighted by Crippen LogP contribution is -2.08. The van der Waals surface area contributed by atoms with Crippen LogP contribution in [-0.2, 0) is 6.42 Å². The molecule has 2 rings (SSSR count). The molecule has 1 N–H and O–H groups in total. The van der Waals surface area contributed by atoms with Gasteiger partial charge in [-0.05, 0) is 44.9 Å². The molecule has 0 aliphatic carbocycles. The van der Waals surface area contributed by atoms with Crippen LogP contribution in [0.1, 0.15) is 46.3 Å². The van der Waals surface area contributed by atoms with Crippen molar-refractivity contribution in [3.05, 3.63) is 40.3 Å².